The number of anilines is 4. The second-order valence-corrected chi connectivity index (χ2v) is 10.5. The molecule has 190 valence electrons. The number of nitrogens with zero attached hydrogens (tertiary/aromatic N) is 4. The van der Waals surface area contributed by atoms with Crippen LogP contribution in [0, 0.1) is 0 Å². The van der Waals surface area contributed by atoms with Gasteiger partial charge in [0.2, 0.25) is 5.95 Å². The van der Waals surface area contributed by atoms with E-state index in [0.29, 0.717) is 23.3 Å². The van der Waals surface area contributed by atoms with Crippen LogP contribution in [0.5, 0.6) is 0 Å². The molecule has 11 heteroatoms. The zero-order valence-corrected chi connectivity index (χ0v) is 21.3. The minimum Gasteiger partial charge on any atom is -0.379 e. The first-order chi connectivity index (χ1) is 17.4. The van der Waals surface area contributed by atoms with Gasteiger partial charge in [0.1, 0.15) is 5.82 Å². The van der Waals surface area contributed by atoms with Gasteiger partial charge in [-0.15, -0.1) is 0 Å². The van der Waals surface area contributed by atoms with Crippen LogP contribution in [0.25, 0.3) is 0 Å². The molecular formula is C25H31N7O3S. The molecule has 0 atom stereocenters. The standard InChI is InChI=1S/C25H31N7O3S/c1-19(20-8-10-22(11-9-20)36(2,33)34)30-31-24-18-23(26-12-13-32-14-16-35-17-15-32)28-25(29-24)27-21-6-4-3-5-7-21/h3-11,18H,12-17H2,1-2H3,(H3,26,27,28,29,31). The molecule has 3 N–H and O–H groups in total. The molecule has 36 heavy (non-hydrogen) atoms. The third kappa shape index (κ3) is 7.48. The van der Waals surface area contributed by atoms with E-state index >= 15 is 0 Å². The number of hydrazone groups is 1. The van der Waals surface area contributed by atoms with E-state index in [1.165, 1.54) is 6.26 Å². The van der Waals surface area contributed by atoms with Gasteiger partial charge in [-0.1, -0.05) is 30.3 Å². The lowest BCUT2D eigenvalue weighted by Gasteiger charge is -2.26. The third-order valence-electron chi connectivity index (χ3n) is 5.63. The number of hydrogen-bond donors (Lipinski definition) is 3. The summed E-state index contributed by atoms with van der Waals surface area (Å²) in [5.41, 5.74) is 5.37. The van der Waals surface area contributed by atoms with Gasteiger partial charge in [-0.25, -0.2) is 8.42 Å². The van der Waals surface area contributed by atoms with Gasteiger partial charge in [-0.3, -0.25) is 10.3 Å². The summed E-state index contributed by atoms with van der Waals surface area (Å²) in [5.74, 6) is 1.62. The second kappa shape index (κ2) is 11.9. The normalized spacial score (nSPS) is 14.9. The zero-order chi connectivity index (χ0) is 25.4. The van der Waals surface area contributed by atoms with Crippen LogP contribution in [0.4, 0.5) is 23.3 Å². The van der Waals surface area contributed by atoms with Crippen molar-refractivity contribution in [3.05, 3.63) is 66.2 Å². The Balaban J connectivity index is 1.48. The average Bonchev–Trinajstić information content (AvgIpc) is 2.88. The maximum Gasteiger partial charge on any atom is 0.231 e. The molecule has 0 amide bonds. The van der Waals surface area contributed by atoms with Crippen LogP contribution in [-0.4, -0.2) is 74.6 Å². The van der Waals surface area contributed by atoms with Gasteiger partial charge >= 0.3 is 0 Å². The SMILES string of the molecule is CC(=NNc1cc(NCCN2CCOCC2)nc(Nc2ccccc2)n1)c1ccc(S(C)(=O)=O)cc1. The van der Waals surface area contributed by atoms with Gasteiger partial charge < -0.3 is 15.4 Å². The monoisotopic (exact) mass is 509 g/mol. The topological polar surface area (TPSA) is 121 Å². The van der Waals surface area contributed by atoms with Gasteiger partial charge in [0.05, 0.1) is 23.8 Å². The molecule has 3 aromatic rings. The molecule has 1 aliphatic heterocycles. The maximum absolute atomic E-state index is 11.7. The zero-order valence-electron chi connectivity index (χ0n) is 20.4. The predicted molar refractivity (Wildman–Crippen MR) is 143 cm³/mol. The summed E-state index contributed by atoms with van der Waals surface area (Å²) in [5, 5.41) is 11.1. The third-order valence-corrected chi connectivity index (χ3v) is 6.76. The van der Waals surface area contributed by atoms with Crippen LogP contribution in [0.3, 0.4) is 0 Å². The lowest BCUT2D eigenvalue weighted by molar-refractivity contribution is 0.0398. The van der Waals surface area contributed by atoms with Gasteiger partial charge in [-0.05, 0) is 36.8 Å². The predicted octanol–water partition coefficient (Wildman–Crippen LogP) is 3.20. The molecule has 0 radical (unpaired) electrons. The molecule has 0 saturated carbocycles. The minimum absolute atomic E-state index is 0.271. The first kappa shape index (κ1) is 25.5. The number of hydrogen-bond acceptors (Lipinski definition) is 10. The molecule has 1 saturated heterocycles. The Labute approximate surface area is 211 Å². The molecule has 1 aliphatic rings. The number of para-hydroxylation sites is 1. The van der Waals surface area contributed by atoms with E-state index in [4.69, 9.17) is 4.74 Å². The molecule has 4 rings (SSSR count). The molecular weight excluding hydrogens is 478 g/mol. The van der Waals surface area contributed by atoms with Crippen LogP contribution in [-0.2, 0) is 14.6 Å². The van der Waals surface area contributed by atoms with Crippen LogP contribution >= 0.6 is 0 Å². The molecule has 0 spiro atoms. The van der Waals surface area contributed by atoms with Crippen molar-refractivity contribution in [2.24, 2.45) is 5.10 Å². The van der Waals surface area contributed by atoms with Crippen molar-refractivity contribution in [2.45, 2.75) is 11.8 Å². The smallest absolute Gasteiger partial charge is 0.231 e. The molecule has 2 aromatic carbocycles. The summed E-state index contributed by atoms with van der Waals surface area (Å²) in [6.45, 7) is 6.85. The highest BCUT2D eigenvalue weighted by atomic mass is 32.2. The number of benzene rings is 2. The molecule has 0 bridgehead atoms. The summed E-state index contributed by atoms with van der Waals surface area (Å²) < 4.78 is 28.8. The average molecular weight is 510 g/mol. The molecule has 1 aromatic heterocycles. The first-order valence-electron chi connectivity index (χ1n) is 11.7. The highest BCUT2D eigenvalue weighted by Gasteiger charge is 2.11. The summed E-state index contributed by atoms with van der Waals surface area (Å²) in [6, 6.07) is 18.1. The molecule has 10 nitrogen and oxygen atoms in total. The highest BCUT2D eigenvalue weighted by Crippen LogP contribution is 2.19. The van der Waals surface area contributed by atoms with Crippen molar-refractivity contribution < 1.29 is 13.2 Å². The molecule has 0 unspecified atom stereocenters. The van der Waals surface area contributed by atoms with Gasteiger partial charge in [0.15, 0.2) is 15.7 Å². The highest BCUT2D eigenvalue weighted by molar-refractivity contribution is 7.90. The number of aromatic nitrogens is 2. The van der Waals surface area contributed by atoms with Crippen molar-refractivity contribution in [3.8, 4) is 0 Å². The summed E-state index contributed by atoms with van der Waals surface area (Å²) in [7, 11) is -3.25. The van der Waals surface area contributed by atoms with E-state index in [9.17, 15) is 8.42 Å². The first-order valence-corrected chi connectivity index (χ1v) is 13.6. The van der Waals surface area contributed by atoms with Crippen LogP contribution in [0.15, 0.2) is 70.7 Å². The lowest BCUT2D eigenvalue weighted by Crippen LogP contribution is -2.39. The summed E-state index contributed by atoms with van der Waals surface area (Å²) >= 11 is 0. The Morgan fingerprint density at radius 2 is 1.72 bits per heavy atom. The second-order valence-electron chi connectivity index (χ2n) is 8.44. The Morgan fingerprint density at radius 1 is 1.03 bits per heavy atom. The molecule has 1 fully saturated rings. The molecule has 2 heterocycles. The number of morpholine rings is 1. The number of rotatable bonds is 10. The van der Waals surface area contributed by atoms with E-state index in [0.717, 1.165) is 50.6 Å². The van der Waals surface area contributed by atoms with Crippen molar-refractivity contribution in [2.75, 3.05) is 61.7 Å². The van der Waals surface area contributed by atoms with Gasteiger partial charge in [0, 0.05) is 44.2 Å². The number of ether oxygens (including phenoxy) is 1. The summed E-state index contributed by atoms with van der Waals surface area (Å²) in [6.07, 6.45) is 1.19. The number of sulfone groups is 1. The van der Waals surface area contributed by atoms with Crippen LogP contribution < -0.4 is 16.1 Å². The van der Waals surface area contributed by atoms with Crippen molar-refractivity contribution in [1.29, 1.82) is 0 Å². The maximum atomic E-state index is 11.7. The van der Waals surface area contributed by atoms with Gasteiger partial charge in [0.25, 0.3) is 0 Å². The van der Waals surface area contributed by atoms with E-state index in [-0.39, 0.29) is 4.90 Å². The fourth-order valence-corrected chi connectivity index (χ4v) is 4.25. The molecule has 0 aliphatic carbocycles. The van der Waals surface area contributed by atoms with Crippen molar-refractivity contribution in [3.63, 3.8) is 0 Å². The van der Waals surface area contributed by atoms with Crippen LogP contribution in [0.1, 0.15) is 12.5 Å². The quantitative estimate of drug-likeness (QED) is 0.279. The Morgan fingerprint density at radius 3 is 2.42 bits per heavy atom. The Kier molecular flexibility index (Phi) is 8.47. The lowest BCUT2D eigenvalue weighted by atomic mass is 10.1. The Bertz CT molecular complexity index is 1280. The van der Waals surface area contributed by atoms with Crippen molar-refractivity contribution >= 4 is 38.8 Å². The fourth-order valence-electron chi connectivity index (χ4n) is 3.62. The van der Waals surface area contributed by atoms with E-state index in [1.807, 2.05) is 37.3 Å². The van der Waals surface area contributed by atoms with Crippen molar-refractivity contribution in [1.82, 2.24) is 14.9 Å². The van der Waals surface area contributed by atoms with E-state index in [1.54, 1.807) is 30.3 Å². The largest absolute Gasteiger partial charge is 0.379 e. The van der Waals surface area contributed by atoms with Gasteiger partial charge in [-0.2, -0.15) is 15.1 Å². The Hall–Kier alpha value is -3.54. The fraction of sp³-hybridized carbons (Fsp3) is 0.320. The van der Waals surface area contributed by atoms with E-state index < -0.39 is 9.84 Å². The van der Waals surface area contributed by atoms with E-state index in [2.05, 4.69) is 36.0 Å². The minimum atomic E-state index is -3.25. The number of nitrogens with one attached hydrogen (secondary N) is 3. The summed E-state index contributed by atoms with van der Waals surface area (Å²) in [4.78, 5) is 11.8. The van der Waals surface area contributed by atoms with Crippen LogP contribution in [0.2, 0.25) is 0 Å².